The van der Waals surface area contributed by atoms with Crippen LogP contribution in [-0.4, -0.2) is 12.6 Å². The molecule has 1 heteroatoms. The van der Waals surface area contributed by atoms with Crippen LogP contribution >= 0.6 is 0 Å². The molecule has 0 bridgehead atoms. The standard InChI is InChI=1S/C11H21N/c1-5-7-10(3)9-11(4)12-8-6-2/h1,10-12H,6-9H2,2-4H3. The Bertz CT molecular complexity index is 134. The first-order valence-corrected chi connectivity index (χ1v) is 4.87. The van der Waals surface area contributed by atoms with Crippen molar-refractivity contribution >= 4 is 0 Å². The molecule has 0 radical (unpaired) electrons. The van der Waals surface area contributed by atoms with Crippen LogP contribution in [-0.2, 0) is 0 Å². The van der Waals surface area contributed by atoms with Crippen LogP contribution in [0.2, 0.25) is 0 Å². The number of hydrogen-bond acceptors (Lipinski definition) is 1. The molecule has 0 aliphatic heterocycles. The van der Waals surface area contributed by atoms with Gasteiger partial charge in [0.1, 0.15) is 0 Å². The fourth-order valence-corrected chi connectivity index (χ4v) is 1.36. The Labute approximate surface area is 76.9 Å². The van der Waals surface area contributed by atoms with Crippen molar-refractivity contribution in [1.82, 2.24) is 5.32 Å². The van der Waals surface area contributed by atoms with Crippen molar-refractivity contribution < 1.29 is 0 Å². The van der Waals surface area contributed by atoms with Crippen molar-refractivity contribution in [1.29, 1.82) is 0 Å². The van der Waals surface area contributed by atoms with E-state index in [1.807, 2.05) is 0 Å². The van der Waals surface area contributed by atoms with Crippen LogP contribution in [0, 0.1) is 18.3 Å². The maximum atomic E-state index is 5.23. The zero-order valence-corrected chi connectivity index (χ0v) is 8.56. The zero-order chi connectivity index (χ0) is 9.40. The van der Waals surface area contributed by atoms with Gasteiger partial charge >= 0.3 is 0 Å². The van der Waals surface area contributed by atoms with Crippen molar-refractivity contribution in [3.8, 4) is 12.3 Å². The molecule has 0 aromatic rings. The first kappa shape index (κ1) is 11.5. The minimum atomic E-state index is 0.605. The van der Waals surface area contributed by atoms with Gasteiger partial charge in [-0.15, -0.1) is 12.3 Å². The summed E-state index contributed by atoms with van der Waals surface area (Å²) in [6.45, 7) is 7.74. The molecule has 0 aromatic heterocycles. The predicted molar refractivity (Wildman–Crippen MR) is 55.0 cm³/mol. The Morgan fingerprint density at radius 2 is 2.08 bits per heavy atom. The van der Waals surface area contributed by atoms with Gasteiger partial charge in [-0.2, -0.15) is 0 Å². The van der Waals surface area contributed by atoms with Gasteiger partial charge in [-0.3, -0.25) is 0 Å². The molecule has 2 atom stereocenters. The van der Waals surface area contributed by atoms with Crippen molar-refractivity contribution in [2.24, 2.45) is 5.92 Å². The third-order valence-electron chi connectivity index (χ3n) is 1.97. The summed E-state index contributed by atoms with van der Waals surface area (Å²) in [5, 5.41) is 3.45. The molecular weight excluding hydrogens is 146 g/mol. The molecule has 0 fully saturated rings. The number of rotatable bonds is 6. The van der Waals surface area contributed by atoms with Crippen molar-refractivity contribution in [3.05, 3.63) is 0 Å². The third-order valence-corrected chi connectivity index (χ3v) is 1.97. The molecule has 0 rings (SSSR count). The molecule has 2 unspecified atom stereocenters. The molecule has 0 aliphatic rings. The fraction of sp³-hybridized carbons (Fsp3) is 0.818. The van der Waals surface area contributed by atoms with Gasteiger partial charge in [0.2, 0.25) is 0 Å². The predicted octanol–water partition coefficient (Wildman–Crippen LogP) is 2.42. The minimum absolute atomic E-state index is 0.605. The van der Waals surface area contributed by atoms with Gasteiger partial charge in [-0.1, -0.05) is 13.8 Å². The maximum Gasteiger partial charge on any atom is 0.0112 e. The zero-order valence-electron chi connectivity index (χ0n) is 8.56. The van der Waals surface area contributed by atoms with E-state index in [2.05, 4.69) is 32.0 Å². The summed E-state index contributed by atoms with van der Waals surface area (Å²) in [5.41, 5.74) is 0. The van der Waals surface area contributed by atoms with Gasteiger partial charge in [0.05, 0.1) is 0 Å². The monoisotopic (exact) mass is 167 g/mol. The smallest absolute Gasteiger partial charge is 0.0112 e. The molecule has 0 aliphatic carbocycles. The third kappa shape index (κ3) is 6.24. The quantitative estimate of drug-likeness (QED) is 0.599. The van der Waals surface area contributed by atoms with Crippen LogP contribution in [0.1, 0.15) is 40.0 Å². The summed E-state index contributed by atoms with van der Waals surface area (Å²) >= 11 is 0. The highest BCUT2D eigenvalue weighted by Crippen LogP contribution is 2.08. The normalized spacial score (nSPS) is 15.2. The molecule has 0 saturated heterocycles. The van der Waals surface area contributed by atoms with Crippen LogP contribution < -0.4 is 5.32 Å². The Kier molecular flexibility index (Phi) is 6.90. The van der Waals surface area contributed by atoms with E-state index in [1.54, 1.807) is 0 Å². The lowest BCUT2D eigenvalue weighted by atomic mass is 10.00. The van der Waals surface area contributed by atoms with Crippen molar-refractivity contribution in [2.75, 3.05) is 6.54 Å². The van der Waals surface area contributed by atoms with Gasteiger partial charge in [-0.25, -0.2) is 0 Å². The van der Waals surface area contributed by atoms with Gasteiger partial charge in [0.15, 0.2) is 0 Å². The molecule has 0 aromatic carbocycles. The molecule has 70 valence electrons. The summed E-state index contributed by atoms with van der Waals surface area (Å²) in [5.74, 6) is 3.35. The van der Waals surface area contributed by atoms with Crippen LogP contribution in [0.15, 0.2) is 0 Å². The van der Waals surface area contributed by atoms with Crippen LogP contribution in [0.25, 0.3) is 0 Å². The Balaban J connectivity index is 3.41. The highest BCUT2D eigenvalue weighted by molar-refractivity contribution is 4.86. The fourth-order valence-electron chi connectivity index (χ4n) is 1.36. The lowest BCUT2D eigenvalue weighted by Crippen LogP contribution is -2.28. The first-order chi connectivity index (χ1) is 5.70. The first-order valence-electron chi connectivity index (χ1n) is 4.87. The lowest BCUT2D eigenvalue weighted by Gasteiger charge is -2.16. The second kappa shape index (κ2) is 7.18. The van der Waals surface area contributed by atoms with E-state index in [1.165, 1.54) is 12.8 Å². The summed E-state index contributed by atoms with van der Waals surface area (Å²) in [4.78, 5) is 0. The molecule has 0 spiro atoms. The van der Waals surface area contributed by atoms with E-state index in [4.69, 9.17) is 6.42 Å². The van der Waals surface area contributed by atoms with E-state index in [-0.39, 0.29) is 0 Å². The van der Waals surface area contributed by atoms with Gasteiger partial charge in [0, 0.05) is 12.5 Å². The lowest BCUT2D eigenvalue weighted by molar-refractivity contribution is 0.427. The van der Waals surface area contributed by atoms with Gasteiger partial charge < -0.3 is 5.32 Å². The molecular formula is C11H21N. The number of hydrogen-bond donors (Lipinski definition) is 1. The largest absolute Gasteiger partial charge is 0.314 e. The number of nitrogens with one attached hydrogen (secondary N) is 1. The Hall–Kier alpha value is -0.480. The molecule has 1 N–H and O–H groups in total. The summed E-state index contributed by atoms with van der Waals surface area (Å²) in [6.07, 6.45) is 8.52. The van der Waals surface area contributed by atoms with E-state index in [9.17, 15) is 0 Å². The molecule has 0 amide bonds. The molecule has 0 saturated carbocycles. The second-order valence-corrected chi connectivity index (χ2v) is 3.60. The average molecular weight is 167 g/mol. The van der Waals surface area contributed by atoms with Crippen LogP contribution in [0.4, 0.5) is 0 Å². The maximum absolute atomic E-state index is 5.23. The average Bonchev–Trinajstić information content (AvgIpc) is 2.01. The molecule has 0 heterocycles. The van der Waals surface area contributed by atoms with Crippen LogP contribution in [0.5, 0.6) is 0 Å². The Morgan fingerprint density at radius 1 is 1.42 bits per heavy atom. The summed E-state index contributed by atoms with van der Waals surface area (Å²) in [6, 6.07) is 0.605. The summed E-state index contributed by atoms with van der Waals surface area (Å²) < 4.78 is 0. The van der Waals surface area contributed by atoms with E-state index in [0.717, 1.165) is 13.0 Å². The highest BCUT2D eigenvalue weighted by Gasteiger charge is 2.05. The topological polar surface area (TPSA) is 12.0 Å². The highest BCUT2D eigenvalue weighted by atomic mass is 14.9. The van der Waals surface area contributed by atoms with Gasteiger partial charge in [0.25, 0.3) is 0 Å². The van der Waals surface area contributed by atoms with E-state index < -0.39 is 0 Å². The Morgan fingerprint density at radius 3 is 2.58 bits per heavy atom. The van der Waals surface area contributed by atoms with Crippen molar-refractivity contribution in [2.45, 2.75) is 46.1 Å². The summed E-state index contributed by atoms with van der Waals surface area (Å²) in [7, 11) is 0. The van der Waals surface area contributed by atoms with E-state index >= 15 is 0 Å². The molecule has 1 nitrogen and oxygen atoms in total. The second-order valence-electron chi connectivity index (χ2n) is 3.60. The van der Waals surface area contributed by atoms with Crippen molar-refractivity contribution in [3.63, 3.8) is 0 Å². The van der Waals surface area contributed by atoms with E-state index in [0.29, 0.717) is 12.0 Å². The van der Waals surface area contributed by atoms with Crippen LogP contribution in [0.3, 0.4) is 0 Å². The van der Waals surface area contributed by atoms with Gasteiger partial charge in [-0.05, 0) is 32.2 Å². The number of terminal acetylenes is 1. The minimum Gasteiger partial charge on any atom is -0.314 e. The SMILES string of the molecule is C#CCC(C)CC(C)NCCC. The molecule has 12 heavy (non-hydrogen) atoms.